The van der Waals surface area contributed by atoms with Gasteiger partial charge < -0.3 is 25.0 Å². The SMILES string of the molecule is CC(C)[C@@H](NC(=O)/C(=C/c1ccc([N+](=O)[O-])cc1)NC(=O)c1ccco1)C(=O)[O-]. The summed E-state index contributed by atoms with van der Waals surface area (Å²) < 4.78 is 4.98. The molecule has 0 aliphatic rings. The van der Waals surface area contributed by atoms with Gasteiger partial charge in [0.1, 0.15) is 5.70 Å². The van der Waals surface area contributed by atoms with Gasteiger partial charge in [-0.1, -0.05) is 13.8 Å². The zero-order chi connectivity index (χ0) is 21.6. The van der Waals surface area contributed by atoms with Gasteiger partial charge in [0.25, 0.3) is 17.5 Å². The summed E-state index contributed by atoms with van der Waals surface area (Å²) in [7, 11) is 0. The van der Waals surface area contributed by atoms with Crippen LogP contribution in [0.15, 0.2) is 52.8 Å². The van der Waals surface area contributed by atoms with Crippen molar-refractivity contribution in [3.63, 3.8) is 0 Å². The molecule has 2 aromatic rings. The number of nitrogens with zero attached hydrogens (tertiary/aromatic N) is 1. The second-order valence-corrected chi connectivity index (χ2v) is 6.35. The molecule has 0 unspecified atom stereocenters. The first-order valence-electron chi connectivity index (χ1n) is 8.51. The van der Waals surface area contributed by atoms with E-state index in [4.69, 9.17) is 4.42 Å². The molecule has 152 valence electrons. The predicted octanol–water partition coefficient (Wildman–Crippen LogP) is 0.849. The van der Waals surface area contributed by atoms with Crippen molar-refractivity contribution in [3.05, 3.63) is 69.8 Å². The Morgan fingerprint density at radius 1 is 1.14 bits per heavy atom. The van der Waals surface area contributed by atoms with Gasteiger partial charge in [-0.3, -0.25) is 19.7 Å². The maximum Gasteiger partial charge on any atom is 0.291 e. The number of hydrogen-bond acceptors (Lipinski definition) is 7. The molecule has 10 heteroatoms. The Kier molecular flexibility index (Phi) is 6.85. The predicted molar refractivity (Wildman–Crippen MR) is 99.0 cm³/mol. The Morgan fingerprint density at radius 2 is 1.79 bits per heavy atom. The molecule has 0 saturated carbocycles. The van der Waals surface area contributed by atoms with Crippen molar-refractivity contribution >= 4 is 29.5 Å². The topological polar surface area (TPSA) is 155 Å². The summed E-state index contributed by atoms with van der Waals surface area (Å²) in [4.78, 5) is 46.3. The van der Waals surface area contributed by atoms with E-state index in [1.54, 1.807) is 13.8 Å². The number of carboxylic acids is 1. The van der Waals surface area contributed by atoms with Crippen LogP contribution in [0.4, 0.5) is 5.69 Å². The van der Waals surface area contributed by atoms with Gasteiger partial charge in [0.15, 0.2) is 5.76 Å². The number of nitrogens with one attached hydrogen (secondary N) is 2. The minimum atomic E-state index is -1.47. The number of aliphatic carboxylic acids is 1. The van der Waals surface area contributed by atoms with Crippen molar-refractivity contribution in [1.29, 1.82) is 0 Å². The average Bonchev–Trinajstić information content (AvgIpc) is 3.20. The first kappa shape index (κ1) is 21.4. The Bertz CT molecular complexity index is 931. The normalized spacial score (nSPS) is 12.3. The first-order chi connectivity index (χ1) is 13.7. The van der Waals surface area contributed by atoms with Crippen LogP contribution >= 0.6 is 0 Å². The van der Waals surface area contributed by atoms with Crippen molar-refractivity contribution in [2.75, 3.05) is 0 Å². The molecule has 2 N–H and O–H groups in total. The molecule has 0 aliphatic carbocycles. The fourth-order valence-corrected chi connectivity index (χ4v) is 2.33. The maximum atomic E-state index is 12.6. The molecule has 0 aliphatic heterocycles. The van der Waals surface area contributed by atoms with Crippen molar-refractivity contribution in [2.24, 2.45) is 5.92 Å². The third-order valence-electron chi connectivity index (χ3n) is 3.86. The molecule has 29 heavy (non-hydrogen) atoms. The summed E-state index contributed by atoms with van der Waals surface area (Å²) in [6.07, 6.45) is 2.53. The highest BCUT2D eigenvalue weighted by Crippen LogP contribution is 2.15. The van der Waals surface area contributed by atoms with E-state index in [0.717, 1.165) is 0 Å². The van der Waals surface area contributed by atoms with E-state index in [-0.39, 0.29) is 17.1 Å². The number of benzene rings is 1. The monoisotopic (exact) mass is 400 g/mol. The molecule has 1 aromatic heterocycles. The van der Waals surface area contributed by atoms with Gasteiger partial charge in [-0.25, -0.2) is 0 Å². The van der Waals surface area contributed by atoms with Crippen LogP contribution < -0.4 is 15.7 Å². The van der Waals surface area contributed by atoms with E-state index in [2.05, 4.69) is 10.6 Å². The summed E-state index contributed by atoms with van der Waals surface area (Å²) in [6, 6.07) is 6.80. The Balaban J connectivity index is 2.33. The van der Waals surface area contributed by atoms with Gasteiger partial charge in [-0.15, -0.1) is 0 Å². The zero-order valence-electron chi connectivity index (χ0n) is 15.6. The zero-order valence-corrected chi connectivity index (χ0v) is 15.6. The lowest BCUT2D eigenvalue weighted by atomic mass is 10.0. The third-order valence-corrected chi connectivity index (χ3v) is 3.86. The van der Waals surface area contributed by atoms with Gasteiger partial charge in [0.2, 0.25) is 0 Å². The van der Waals surface area contributed by atoms with E-state index < -0.39 is 34.7 Å². The van der Waals surface area contributed by atoms with Crippen molar-refractivity contribution in [2.45, 2.75) is 19.9 Å². The van der Waals surface area contributed by atoms with Gasteiger partial charge in [0, 0.05) is 12.1 Å². The fourth-order valence-electron chi connectivity index (χ4n) is 2.33. The number of nitro benzene ring substituents is 1. The fraction of sp³-hybridized carbons (Fsp3) is 0.211. The van der Waals surface area contributed by atoms with E-state index in [9.17, 15) is 29.6 Å². The lowest BCUT2D eigenvalue weighted by Crippen LogP contribution is -2.52. The molecule has 1 aromatic carbocycles. The molecule has 2 amide bonds. The van der Waals surface area contributed by atoms with Gasteiger partial charge in [-0.2, -0.15) is 0 Å². The Labute approximate surface area is 165 Å². The standard InChI is InChI=1S/C19H19N3O7/c1-11(2)16(19(25)26)21-17(23)14(20-18(24)15-4-3-9-29-15)10-12-5-7-13(8-6-12)22(27)28/h3-11,16H,1-2H3,(H,20,24)(H,21,23)(H,25,26)/p-1/b14-10-/t16-/m1/s1. The highest BCUT2D eigenvalue weighted by Gasteiger charge is 2.22. The van der Waals surface area contributed by atoms with Gasteiger partial charge >= 0.3 is 0 Å². The molecule has 0 spiro atoms. The quantitative estimate of drug-likeness (QED) is 0.378. The number of furan rings is 1. The minimum absolute atomic E-state index is 0.0623. The summed E-state index contributed by atoms with van der Waals surface area (Å²) >= 11 is 0. The third kappa shape index (κ3) is 5.76. The van der Waals surface area contributed by atoms with Gasteiger partial charge in [0.05, 0.1) is 23.2 Å². The average molecular weight is 400 g/mol. The lowest BCUT2D eigenvalue weighted by molar-refractivity contribution is -0.384. The van der Waals surface area contributed by atoms with Crippen LogP contribution in [0, 0.1) is 16.0 Å². The molecule has 1 atom stereocenters. The molecular formula is C19H18N3O7-. The maximum absolute atomic E-state index is 12.6. The molecular weight excluding hydrogens is 382 g/mol. The molecule has 10 nitrogen and oxygen atoms in total. The summed E-state index contributed by atoms with van der Waals surface area (Å²) in [5.74, 6) is -3.60. The van der Waals surface area contributed by atoms with Crippen LogP contribution in [-0.4, -0.2) is 28.7 Å². The number of carbonyl (C=O) groups is 3. The Hall–Kier alpha value is -3.95. The van der Waals surface area contributed by atoms with E-state index in [0.29, 0.717) is 5.56 Å². The largest absolute Gasteiger partial charge is 0.548 e. The van der Waals surface area contributed by atoms with Crippen LogP contribution in [0.25, 0.3) is 6.08 Å². The van der Waals surface area contributed by atoms with Crippen LogP contribution in [0.2, 0.25) is 0 Å². The molecule has 0 fully saturated rings. The van der Waals surface area contributed by atoms with E-state index >= 15 is 0 Å². The smallest absolute Gasteiger partial charge is 0.291 e. The second kappa shape index (κ2) is 9.31. The number of nitro groups is 1. The summed E-state index contributed by atoms with van der Waals surface area (Å²) in [5, 5.41) is 26.7. The number of carboxylic acid groups (broad SMARTS) is 1. The van der Waals surface area contributed by atoms with Crippen molar-refractivity contribution in [3.8, 4) is 0 Å². The molecule has 0 radical (unpaired) electrons. The van der Waals surface area contributed by atoms with Crippen LogP contribution in [0.5, 0.6) is 0 Å². The van der Waals surface area contributed by atoms with Crippen molar-refractivity contribution in [1.82, 2.24) is 10.6 Å². The van der Waals surface area contributed by atoms with Crippen LogP contribution in [-0.2, 0) is 9.59 Å². The first-order valence-corrected chi connectivity index (χ1v) is 8.51. The molecule has 0 bridgehead atoms. The number of non-ortho nitro benzene ring substituents is 1. The van der Waals surface area contributed by atoms with Crippen LogP contribution in [0.1, 0.15) is 30.0 Å². The molecule has 1 heterocycles. The lowest BCUT2D eigenvalue weighted by Gasteiger charge is -2.24. The summed E-state index contributed by atoms with van der Waals surface area (Å²) in [6.45, 7) is 3.17. The highest BCUT2D eigenvalue weighted by molar-refractivity contribution is 6.05. The number of amides is 2. The van der Waals surface area contributed by atoms with Gasteiger partial charge in [-0.05, 0) is 41.8 Å². The number of rotatable bonds is 8. The number of carbonyl (C=O) groups excluding carboxylic acids is 3. The highest BCUT2D eigenvalue weighted by atomic mass is 16.6. The van der Waals surface area contributed by atoms with Crippen LogP contribution in [0.3, 0.4) is 0 Å². The summed E-state index contributed by atoms with van der Waals surface area (Å²) in [5.41, 5.74) is -0.0493. The molecule has 0 saturated heterocycles. The minimum Gasteiger partial charge on any atom is -0.548 e. The van der Waals surface area contributed by atoms with Crippen molar-refractivity contribution < 1.29 is 28.8 Å². The Morgan fingerprint density at radius 3 is 2.28 bits per heavy atom. The number of hydrogen-bond donors (Lipinski definition) is 2. The van der Waals surface area contributed by atoms with E-state index in [1.165, 1.54) is 48.7 Å². The van der Waals surface area contributed by atoms with E-state index in [1.807, 2.05) is 0 Å². The molecule has 2 rings (SSSR count). The second-order valence-electron chi connectivity index (χ2n) is 6.35.